The zero-order valence-corrected chi connectivity index (χ0v) is 17.0. The van der Waals surface area contributed by atoms with Crippen LogP contribution in [-0.2, 0) is 4.79 Å². The number of piperidine rings is 1. The largest absolute Gasteiger partial charge is 0.370 e. The van der Waals surface area contributed by atoms with E-state index in [1.54, 1.807) is 18.5 Å². The van der Waals surface area contributed by atoms with Gasteiger partial charge in [0.15, 0.2) is 5.96 Å². The molecule has 9 heteroatoms. The summed E-state index contributed by atoms with van der Waals surface area (Å²) in [7, 11) is 0. The van der Waals surface area contributed by atoms with Crippen molar-refractivity contribution in [3.8, 4) is 0 Å². The number of amides is 2. The molecule has 9 nitrogen and oxygen atoms in total. The molecular formula is C21H27N7O2. The van der Waals surface area contributed by atoms with Gasteiger partial charge >= 0.3 is 0 Å². The summed E-state index contributed by atoms with van der Waals surface area (Å²) >= 11 is 0. The molecule has 158 valence electrons. The summed E-state index contributed by atoms with van der Waals surface area (Å²) in [5.41, 5.74) is 9.40. The predicted octanol–water partition coefficient (Wildman–Crippen LogP) is 2.07. The molecule has 0 radical (unpaired) electrons. The zero-order chi connectivity index (χ0) is 21.3. The van der Waals surface area contributed by atoms with Gasteiger partial charge in [0.1, 0.15) is 0 Å². The van der Waals surface area contributed by atoms with E-state index in [2.05, 4.69) is 25.5 Å². The molecule has 30 heavy (non-hydrogen) atoms. The third kappa shape index (κ3) is 4.29. The number of hydrogen-bond acceptors (Lipinski definition) is 5. The molecular weight excluding hydrogens is 382 g/mol. The van der Waals surface area contributed by atoms with Crippen LogP contribution in [0.25, 0.3) is 0 Å². The normalized spacial score (nSPS) is 16.9. The molecule has 2 amide bonds. The first-order chi connectivity index (χ1) is 14.4. The van der Waals surface area contributed by atoms with E-state index in [1.807, 2.05) is 13.0 Å². The van der Waals surface area contributed by atoms with Crippen molar-refractivity contribution in [2.24, 2.45) is 11.7 Å². The molecule has 4 rings (SSSR count). The van der Waals surface area contributed by atoms with Crippen LogP contribution in [-0.4, -0.2) is 40.8 Å². The number of aromatic nitrogens is 2. The first-order valence-electron chi connectivity index (χ1n) is 10.3. The second kappa shape index (κ2) is 8.17. The molecule has 1 aliphatic heterocycles. The Balaban J connectivity index is 1.54. The third-order valence-electron chi connectivity index (χ3n) is 5.80. The van der Waals surface area contributed by atoms with Crippen LogP contribution < -0.4 is 21.3 Å². The highest BCUT2D eigenvalue weighted by molar-refractivity contribution is 6.06. The van der Waals surface area contributed by atoms with Gasteiger partial charge in [0.25, 0.3) is 5.91 Å². The quantitative estimate of drug-likeness (QED) is 0.380. The van der Waals surface area contributed by atoms with E-state index in [1.165, 1.54) is 0 Å². The van der Waals surface area contributed by atoms with Crippen molar-refractivity contribution >= 4 is 29.1 Å². The molecule has 0 atom stereocenters. The predicted molar refractivity (Wildman–Crippen MR) is 115 cm³/mol. The standard InChI is InChI=1S/C21H27N7O2/c1-12-18(25-11-24-12)13-6-8-28(9-7-13)17-5-4-15(20(30)27-21(22)23)10-16(17)26-19(29)14-2-3-14/h4-5,10-11,13-14H,2-3,6-9H2,1H3,(H,24,25)(H,26,29)(H4,22,23,27,30). The van der Waals surface area contributed by atoms with Crippen molar-refractivity contribution in [2.75, 3.05) is 23.3 Å². The molecule has 1 aromatic heterocycles. The first kappa shape index (κ1) is 19.9. The summed E-state index contributed by atoms with van der Waals surface area (Å²) in [5.74, 6) is -0.423. The number of imidazole rings is 1. The van der Waals surface area contributed by atoms with Crippen molar-refractivity contribution in [2.45, 2.75) is 38.5 Å². The molecule has 2 heterocycles. The molecule has 6 N–H and O–H groups in total. The Labute approximate surface area is 174 Å². The summed E-state index contributed by atoms with van der Waals surface area (Å²) in [5, 5.41) is 12.6. The molecule has 2 aliphatic rings. The van der Waals surface area contributed by atoms with Crippen molar-refractivity contribution in [3.05, 3.63) is 41.5 Å². The zero-order valence-electron chi connectivity index (χ0n) is 17.0. The lowest BCUT2D eigenvalue weighted by Crippen LogP contribution is -2.36. The number of carbonyl (C=O) groups excluding carboxylic acids is 2. The average Bonchev–Trinajstić information content (AvgIpc) is 3.49. The van der Waals surface area contributed by atoms with Gasteiger partial charge < -0.3 is 20.9 Å². The van der Waals surface area contributed by atoms with Gasteiger partial charge in [0.05, 0.1) is 23.4 Å². The highest BCUT2D eigenvalue weighted by Gasteiger charge is 2.31. The van der Waals surface area contributed by atoms with Gasteiger partial charge in [0, 0.05) is 36.2 Å². The second-order valence-corrected chi connectivity index (χ2v) is 8.04. The Morgan fingerprint density at radius 1 is 1.23 bits per heavy atom. The Bertz CT molecular complexity index is 971. The highest BCUT2D eigenvalue weighted by atomic mass is 16.2. The van der Waals surface area contributed by atoms with Gasteiger partial charge in [-0.15, -0.1) is 0 Å². The van der Waals surface area contributed by atoms with Crippen LogP contribution >= 0.6 is 0 Å². The van der Waals surface area contributed by atoms with Crippen molar-refractivity contribution < 1.29 is 9.59 Å². The van der Waals surface area contributed by atoms with Gasteiger partial charge in [-0.05, 0) is 50.8 Å². The Hall–Kier alpha value is -3.36. The Morgan fingerprint density at radius 3 is 2.57 bits per heavy atom. The number of nitrogens with zero attached hydrogens (tertiary/aromatic N) is 2. The van der Waals surface area contributed by atoms with Gasteiger partial charge in [-0.1, -0.05) is 0 Å². The summed E-state index contributed by atoms with van der Waals surface area (Å²) in [4.78, 5) is 34.6. The molecule has 2 fully saturated rings. The summed E-state index contributed by atoms with van der Waals surface area (Å²) in [6.07, 6.45) is 5.48. The minimum Gasteiger partial charge on any atom is -0.370 e. The Morgan fingerprint density at radius 2 is 1.97 bits per heavy atom. The molecule has 2 aromatic rings. The fourth-order valence-electron chi connectivity index (χ4n) is 4.00. The number of aryl methyl sites for hydroxylation is 1. The number of H-pyrrole nitrogens is 1. The topological polar surface area (TPSA) is 140 Å². The summed E-state index contributed by atoms with van der Waals surface area (Å²) in [6, 6.07) is 5.22. The van der Waals surface area contributed by atoms with Crippen LogP contribution in [0.15, 0.2) is 24.5 Å². The van der Waals surface area contributed by atoms with Crippen molar-refractivity contribution in [1.82, 2.24) is 15.3 Å². The fraction of sp³-hybridized carbons (Fsp3) is 0.429. The molecule has 0 spiro atoms. The minimum atomic E-state index is -0.469. The van der Waals surface area contributed by atoms with Crippen LogP contribution in [0.5, 0.6) is 0 Å². The molecule has 0 unspecified atom stereocenters. The van der Waals surface area contributed by atoms with Gasteiger partial charge in [-0.25, -0.2) is 4.98 Å². The van der Waals surface area contributed by atoms with E-state index >= 15 is 0 Å². The van der Waals surface area contributed by atoms with Crippen LogP contribution in [0.3, 0.4) is 0 Å². The monoisotopic (exact) mass is 409 g/mol. The van der Waals surface area contributed by atoms with E-state index in [0.717, 1.165) is 55.8 Å². The maximum absolute atomic E-state index is 12.4. The van der Waals surface area contributed by atoms with Gasteiger partial charge in [0.2, 0.25) is 5.91 Å². The Kier molecular flexibility index (Phi) is 5.43. The number of rotatable bonds is 5. The molecule has 0 bridgehead atoms. The first-order valence-corrected chi connectivity index (χ1v) is 10.3. The van der Waals surface area contributed by atoms with Gasteiger partial charge in [-0.2, -0.15) is 0 Å². The van der Waals surface area contributed by atoms with Crippen LogP contribution in [0.1, 0.15) is 53.3 Å². The van der Waals surface area contributed by atoms with E-state index < -0.39 is 11.9 Å². The molecule has 1 aromatic carbocycles. The molecule has 1 saturated heterocycles. The number of aromatic amines is 1. The summed E-state index contributed by atoms with van der Waals surface area (Å²) < 4.78 is 0. The minimum absolute atomic E-state index is 0.0117. The third-order valence-corrected chi connectivity index (χ3v) is 5.80. The maximum atomic E-state index is 12.4. The average molecular weight is 409 g/mol. The SMILES string of the molecule is Cc1[nH]cnc1C1CCN(c2ccc(C(=O)NC(=N)N)cc2NC(=O)C2CC2)CC1. The molecule has 1 aliphatic carbocycles. The second-order valence-electron chi connectivity index (χ2n) is 8.04. The van der Waals surface area contributed by atoms with E-state index in [4.69, 9.17) is 11.1 Å². The number of nitrogens with two attached hydrogens (primary N) is 1. The number of anilines is 2. The lowest BCUT2D eigenvalue weighted by molar-refractivity contribution is -0.117. The van der Waals surface area contributed by atoms with Crippen LogP contribution in [0.4, 0.5) is 11.4 Å². The maximum Gasteiger partial charge on any atom is 0.258 e. The smallest absolute Gasteiger partial charge is 0.258 e. The van der Waals surface area contributed by atoms with E-state index in [9.17, 15) is 9.59 Å². The van der Waals surface area contributed by atoms with Gasteiger partial charge in [-0.3, -0.25) is 20.3 Å². The van der Waals surface area contributed by atoms with Crippen LogP contribution in [0.2, 0.25) is 0 Å². The van der Waals surface area contributed by atoms with Crippen molar-refractivity contribution in [1.29, 1.82) is 5.41 Å². The van der Waals surface area contributed by atoms with Crippen molar-refractivity contribution in [3.63, 3.8) is 0 Å². The van der Waals surface area contributed by atoms with Crippen LogP contribution in [0, 0.1) is 18.3 Å². The lowest BCUT2D eigenvalue weighted by atomic mass is 9.92. The molecule has 1 saturated carbocycles. The number of nitrogens with one attached hydrogen (secondary N) is 4. The fourth-order valence-corrected chi connectivity index (χ4v) is 4.00. The summed E-state index contributed by atoms with van der Waals surface area (Å²) in [6.45, 7) is 3.72. The number of carbonyl (C=O) groups is 2. The number of hydrogen-bond donors (Lipinski definition) is 5. The van der Waals surface area contributed by atoms with E-state index in [-0.39, 0.29) is 11.8 Å². The number of guanidine groups is 1. The number of benzene rings is 1. The lowest BCUT2D eigenvalue weighted by Gasteiger charge is -2.34. The van der Waals surface area contributed by atoms with E-state index in [0.29, 0.717) is 17.2 Å². The highest BCUT2D eigenvalue weighted by Crippen LogP contribution is 2.36.